The van der Waals surface area contributed by atoms with Crippen molar-refractivity contribution in [2.75, 3.05) is 5.75 Å². The quantitative estimate of drug-likeness (QED) is 0.546. The van der Waals surface area contributed by atoms with Crippen LogP contribution in [-0.4, -0.2) is 21.4 Å². The van der Waals surface area contributed by atoms with Gasteiger partial charge >= 0.3 is 5.97 Å². The number of nitrogens with zero attached hydrogens (tertiary/aromatic N) is 1. The molecule has 0 radical (unpaired) electrons. The highest BCUT2D eigenvalue weighted by molar-refractivity contribution is 8.10. The molecule has 2 unspecified atom stereocenters. The minimum absolute atomic E-state index is 0.0192. The summed E-state index contributed by atoms with van der Waals surface area (Å²) in [5.41, 5.74) is -0.665. The van der Waals surface area contributed by atoms with Gasteiger partial charge in [0.2, 0.25) is 0 Å². The van der Waals surface area contributed by atoms with Crippen LogP contribution < -0.4 is 0 Å². The van der Waals surface area contributed by atoms with E-state index in [1.165, 1.54) is 0 Å². The molecule has 0 rings (SSSR count). The van der Waals surface area contributed by atoms with Gasteiger partial charge in [0.25, 0.3) is 0 Å². The van der Waals surface area contributed by atoms with E-state index in [-0.39, 0.29) is 11.0 Å². The Morgan fingerprint density at radius 1 is 1.79 bits per heavy atom. The lowest BCUT2D eigenvalue weighted by atomic mass is 9.89. The number of carboxylic acids is 1. The zero-order valence-corrected chi connectivity index (χ0v) is 10.1. The van der Waals surface area contributed by atoms with Crippen molar-refractivity contribution in [1.82, 2.24) is 0 Å². The highest BCUT2D eigenvalue weighted by Crippen LogP contribution is 2.37. The lowest BCUT2D eigenvalue weighted by Crippen LogP contribution is -2.25. The van der Waals surface area contributed by atoms with Crippen LogP contribution in [0.1, 0.15) is 26.7 Å². The first-order valence-corrected chi connectivity index (χ1v) is 5.95. The van der Waals surface area contributed by atoms with E-state index in [2.05, 4.69) is 18.7 Å². The van der Waals surface area contributed by atoms with Crippen molar-refractivity contribution in [1.29, 1.82) is 5.26 Å². The second kappa shape index (κ2) is 6.20. The first kappa shape index (κ1) is 13.7. The van der Waals surface area contributed by atoms with Gasteiger partial charge in [-0.05, 0) is 19.1 Å². The normalized spacial score (nSPS) is 16.7. The van der Waals surface area contributed by atoms with E-state index in [0.29, 0.717) is 6.42 Å². The highest BCUT2D eigenvalue weighted by atomic mass is 32.2. The van der Waals surface area contributed by atoms with E-state index in [1.54, 1.807) is 18.7 Å². The maximum absolute atomic E-state index is 10.4. The number of rotatable bonds is 6. The number of aliphatic carboxylic acids is 1. The molecule has 0 bridgehead atoms. The fraction of sp³-hybridized carbons (Fsp3) is 0.778. The average Bonchev–Trinajstić information content (AvgIpc) is 2.14. The third-order valence-electron chi connectivity index (χ3n) is 1.98. The molecule has 3 nitrogen and oxygen atoms in total. The van der Waals surface area contributed by atoms with Crippen molar-refractivity contribution < 1.29 is 9.90 Å². The molecule has 0 aromatic carbocycles. The maximum atomic E-state index is 10.4. The van der Waals surface area contributed by atoms with Gasteiger partial charge < -0.3 is 5.11 Å². The Hall–Kier alpha value is -0.340. The molecule has 0 aromatic heterocycles. The standard InChI is InChI=1S/C9H15NO2S2/c1-3-14-8(13)9(2,6-10)5-4-7(11)12/h8,13H,3-5H2,1-2H3,(H,11,12). The Kier molecular flexibility index (Phi) is 6.05. The minimum atomic E-state index is -0.867. The van der Waals surface area contributed by atoms with Crippen molar-refractivity contribution in [2.45, 2.75) is 31.3 Å². The molecule has 0 saturated heterocycles. The van der Waals surface area contributed by atoms with E-state index in [9.17, 15) is 4.79 Å². The molecular formula is C9H15NO2S2. The van der Waals surface area contributed by atoms with E-state index in [0.717, 1.165) is 5.75 Å². The van der Waals surface area contributed by atoms with Crippen LogP contribution in [0.5, 0.6) is 0 Å². The number of nitriles is 1. The first-order chi connectivity index (χ1) is 6.46. The molecule has 1 N–H and O–H groups in total. The van der Waals surface area contributed by atoms with Gasteiger partial charge in [0.15, 0.2) is 0 Å². The number of hydrogen-bond acceptors (Lipinski definition) is 4. The molecule has 0 spiro atoms. The summed E-state index contributed by atoms with van der Waals surface area (Å²) < 4.78 is -0.128. The van der Waals surface area contributed by atoms with Crippen molar-refractivity contribution in [2.24, 2.45) is 5.41 Å². The van der Waals surface area contributed by atoms with Crippen LogP contribution in [0, 0.1) is 16.7 Å². The highest BCUT2D eigenvalue weighted by Gasteiger charge is 2.32. The molecule has 0 fully saturated rings. The first-order valence-electron chi connectivity index (χ1n) is 4.39. The summed E-state index contributed by atoms with van der Waals surface area (Å²) >= 11 is 5.88. The molecule has 0 amide bonds. The van der Waals surface area contributed by atoms with E-state index in [4.69, 9.17) is 10.4 Å². The summed E-state index contributed by atoms with van der Waals surface area (Å²) in [6.45, 7) is 3.75. The number of hydrogen-bond donors (Lipinski definition) is 2. The van der Waals surface area contributed by atoms with Crippen LogP contribution in [-0.2, 0) is 4.79 Å². The molecule has 0 heterocycles. The van der Waals surface area contributed by atoms with Gasteiger partial charge in [-0.15, -0.1) is 11.8 Å². The van der Waals surface area contributed by atoms with Gasteiger partial charge in [-0.2, -0.15) is 17.9 Å². The summed E-state index contributed by atoms with van der Waals surface area (Å²) in [6.07, 6.45) is 0.366. The third-order valence-corrected chi connectivity index (χ3v) is 4.17. The predicted molar refractivity (Wildman–Crippen MR) is 61.5 cm³/mol. The van der Waals surface area contributed by atoms with Crippen LogP contribution in [0.3, 0.4) is 0 Å². The zero-order valence-electron chi connectivity index (χ0n) is 8.36. The molecule has 2 atom stereocenters. The van der Waals surface area contributed by atoms with E-state index < -0.39 is 11.4 Å². The Labute approximate surface area is 94.3 Å². The van der Waals surface area contributed by atoms with Crippen LogP contribution in [0.25, 0.3) is 0 Å². The molecule has 14 heavy (non-hydrogen) atoms. The van der Waals surface area contributed by atoms with E-state index >= 15 is 0 Å². The summed E-state index contributed by atoms with van der Waals surface area (Å²) in [6, 6.07) is 2.16. The topological polar surface area (TPSA) is 61.1 Å². The molecule has 0 aliphatic carbocycles. The lowest BCUT2D eigenvalue weighted by Gasteiger charge is -2.26. The SMILES string of the molecule is CCSC(S)C(C)(C#N)CCC(=O)O. The second-order valence-electron chi connectivity index (χ2n) is 3.23. The van der Waals surface area contributed by atoms with Crippen molar-refractivity contribution in [3.8, 4) is 6.07 Å². The molecule has 0 aliphatic heterocycles. The van der Waals surface area contributed by atoms with Gasteiger partial charge in [0.05, 0.1) is 16.1 Å². The molecule has 5 heteroatoms. The van der Waals surface area contributed by atoms with Crippen molar-refractivity contribution in [3.05, 3.63) is 0 Å². The smallest absolute Gasteiger partial charge is 0.303 e. The average molecular weight is 233 g/mol. The molecule has 0 saturated carbocycles. The Bertz CT molecular complexity index is 239. The van der Waals surface area contributed by atoms with Gasteiger partial charge in [-0.1, -0.05) is 6.92 Å². The largest absolute Gasteiger partial charge is 0.481 e. The maximum Gasteiger partial charge on any atom is 0.303 e. The monoisotopic (exact) mass is 233 g/mol. The van der Waals surface area contributed by atoms with Gasteiger partial charge in [0.1, 0.15) is 0 Å². The fourth-order valence-electron chi connectivity index (χ4n) is 0.943. The number of carboxylic acid groups (broad SMARTS) is 1. The van der Waals surface area contributed by atoms with Crippen molar-refractivity contribution in [3.63, 3.8) is 0 Å². The van der Waals surface area contributed by atoms with Crippen LogP contribution in [0.15, 0.2) is 0 Å². The van der Waals surface area contributed by atoms with Gasteiger partial charge in [-0.25, -0.2) is 0 Å². The molecule has 0 aliphatic rings. The summed E-state index contributed by atoms with van der Waals surface area (Å²) in [5, 5.41) is 17.5. The molecular weight excluding hydrogens is 218 g/mol. The summed E-state index contributed by atoms with van der Waals surface area (Å²) in [7, 11) is 0. The Morgan fingerprint density at radius 3 is 2.71 bits per heavy atom. The van der Waals surface area contributed by atoms with Crippen LogP contribution >= 0.6 is 24.4 Å². The minimum Gasteiger partial charge on any atom is -0.481 e. The summed E-state index contributed by atoms with van der Waals surface area (Å²) in [4.78, 5) is 10.4. The fourth-order valence-corrected chi connectivity index (χ4v) is 2.43. The Morgan fingerprint density at radius 2 is 2.36 bits per heavy atom. The predicted octanol–water partition coefficient (Wildman–Crippen LogP) is 2.39. The van der Waals surface area contributed by atoms with Crippen LogP contribution in [0.4, 0.5) is 0 Å². The molecule has 0 aromatic rings. The number of carbonyl (C=O) groups is 1. The van der Waals surface area contributed by atoms with Crippen LogP contribution in [0.2, 0.25) is 0 Å². The zero-order chi connectivity index (χ0) is 11.2. The second-order valence-corrected chi connectivity index (χ2v) is 5.48. The molecule has 80 valence electrons. The van der Waals surface area contributed by atoms with Gasteiger partial charge in [0, 0.05) is 6.42 Å². The number of thioether (sulfide) groups is 1. The van der Waals surface area contributed by atoms with E-state index in [1.807, 2.05) is 6.92 Å². The summed E-state index contributed by atoms with van der Waals surface area (Å²) in [5.74, 6) is 0.00640. The Balaban J connectivity index is 4.32. The van der Waals surface area contributed by atoms with Gasteiger partial charge in [-0.3, -0.25) is 4.79 Å². The lowest BCUT2D eigenvalue weighted by molar-refractivity contribution is -0.137. The van der Waals surface area contributed by atoms with Crippen molar-refractivity contribution >= 4 is 30.4 Å². The third kappa shape index (κ3) is 4.25. The number of thiol groups is 1.